The maximum atomic E-state index is 14.1. The molecule has 0 aliphatic heterocycles. The molecule has 0 heterocycles. The van der Waals surface area contributed by atoms with Crippen LogP contribution in [0.15, 0.2) is 77.7 Å². The van der Waals surface area contributed by atoms with Gasteiger partial charge in [-0.15, -0.1) is 0 Å². The third kappa shape index (κ3) is 7.72. The van der Waals surface area contributed by atoms with Crippen molar-refractivity contribution in [2.45, 2.75) is 71.4 Å². The van der Waals surface area contributed by atoms with Gasteiger partial charge in [-0.3, -0.25) is 13.9 Å². The molecule has 0 saturated heterocycles. The van der Waals surface area contributed by atoms with Gasteiger partial charge in [-0.25, -0.2) is 8.42 Å². The molecule has 0 bridgehead atoms. The molecule has 3 rings (SSSR count). The number of nitrogens with zero attached hydrogens (tertiary/aromatic N) is 2. The molecule has 0 saturated carbocycles. The Kier molecular flexibility index (Phi) is 10.5. The van der Waals surface area contributed by atoms with Crippen molar-refractivity contribution in [2.24, 2.45) is 0 Å². The van der Waals surface area contributed by atoms with E-state index in [0.717, 1.165) is 26.6 Å². The predicted molar refractivity (Wildman–Crippen MR) is 161 cm³/mol. The van der Waals surface area contributed by atoms with Crippen LogP contribution in [0.3, 0.4) is 0 Å². The van der Waals surface area contributed by atoms with Crippen molar-refractivity contribution in [2.75, 3.05) is 17.4 Å². The van der Waals surface area contributed by atoms with E-state index in [1.54, 1.807) is 36.4 Å². The van der Waals surface area contributed by atoms with Gasteiger partial charge in [0.05, 0.1) is 10.6 Å². The smallest absolute Gasteiger partial charge is 0.264 e. The Morgan fingerprint density at radius 3 is 2.10 bits per heavy atom. The lowest BCUT2D eigenvalue weighted by Crippen LogP contribution is -2.54. The second-order valence-electron chi connectivity index (χ2n) is 10.5. The molecule has 0 aliphatic carbocycles. The summed E-state index contributed by atoms with van der Waals surface area (Å²) in [5, 5.41) is 2.92. The highest BCUT2D eigenvalue weighted by Gasteiger charge is 2.33. The zero-order chi connectivity index (χ0) is 29.4. The summed E-state index contributed by atoms with van der Waals surface area (Å²) in [4.78, 5) is 28.9. The van der Waals surface area contributed by atoms with Crippen LogP contribution in [0, 0.1) is 20.8 Å². The van der Waals surface area contributed by atoms with Crippen LogP contribution in [0.2, 0.25) is 0 Å². The number of hydrogen-bond donors (Lipinski definition) is 1. The minimum Gasteiger partial charge on any atom is -0.352 e. The van der Waals surface area contributed by atoms with Crippen molar-refractivity contribution in [1.29, 1.82) is 0 Å². The average molecular weight is 564 g/mol. The van der Waals surface area contributed by atoms with Gasteiger partial charge >= 0.3 is 0 Å². The van der Waals surface area contributed by atoms with Crippen LogP contribution in [0.25, 0.3) is 0 Å². The van der Waals surface area contributed by atoms with E-state index in [2.05, 4.69) is 5.32 Å². The molecule has 3 aromatic carbocycles. The summed E-state index contributed by atoms with van der Waals surface area (Å²) in [6.45, 7) is 11.2. The van der Waals surface area contributed by atoms with E-state index >= 15 is 0 Å². The summed E-state index contributed by atoms with van der Waals surface area (Å²) in [6.07, 6.45) is 0.930. The Labute approximate surface area is 239 Å². The molecule has 0 radical (unpaired) electrons. The van der Waals surface area contributed by atoms with Gasteiger partial charge in [0.25, 0.3) is 10.0 Å². The number of rotatable bonds is 12. The maximum absolute atomic E-state index is 14.1. The van der Waals surface area contributed by atoms with Crippen molar-refractivity contribution in [3.05, 3.63) is 95.1 Å². The van der Waals surface area contributed by atoms with Gasteiger partial charge in [-0.2, -0.15) is 0 Å². The van der Waals surface area contributed by atoms with Crippen LogP contribution < -0.4 is 9.62 Å². The number of carbonyl (C=O) groups excluding carboxylic acids is 2. The molecule has 0 aliphatic rings. The summed E-state index contributed by atoms with van der Waals surface area (Å²) in [6, 6.07) is 20.9. The second-order valence-corrected chi connectivity index (χ2v) is 12.4. The maximum Gasteiger partial charge on any atom is 0.264 e. The molecule has 214 valence electrons. The normalized spacial score (nSPS) is 12.2. The minimum absolute atomic E-state index is 0.0958. The summed E-state index contributed by atoms with van der Waals surface area (Å²) < 4.78 is 29.1. The van der Waals surface area contributed by atoms with Crippen LogP contribution in [0.4, 0.5) is 5.69 Å². The van der Waals surface area contributed by atoms with Crippen molar-refractivity contribution < 1.29 is 18.0 Å². The monoisotopic (exact) mass is 563 g/mol. The molecule has 0 fully saturated rings. The molecule has 40 heavy (non-hydrogen) atoms. The van der Waals surface area contributed by atoms with Gasteiger partial charge in [0.2, 0.25) is 11.8 Å². The Balaban J connectivity index is 2.03. The van der Waals surface area contributed by atoms with Crippen molar-refractivity contribution >= 4 is 27.5 Å². The zero-order valence-corrected chi connectivity index (χ0v) is 25.2. The van der Waals surface area contributed by atoms with Crippen LogP contribution in [0.5, 0.6) is 0 Å². The van der Waals surface area contributed by atoms with E-state index in [1.165, 1.54) is 4.90 Å². The number of amides is 2. The molecule has 1 unspecified atom stereocenters. The van der Waals surface area contributed by atoms with Crippen molar-refractivity contribution in [3.63, 3.8) is 0 Å². The predicted octanol–water partition coefficient (Wildman–Crippen LogP) is 5.18. The first-order chi connectivity index (χ1) is 18.9. The summed E-state index contributed by atoms with van der Waals surface area (Å²) in [5.74, 6) is -0.686. The van der Waals surface area contributed by atoms with E-state index in [4.69, 9.17) is 0 Å². The lowest BCUT2D eigenvalue weighted by atomic mass is 10.1. The van der Waals surface area contributed by atoms with E-state index in [0.29, 0.717) is 18.5 Å². The number of sulfonamides is 1. The standard InChI is InChI=1S/C32H41N3O4S/c1-7-30(32(37)33-23(2)3)34(20-19-27-11-9-8-10-12-27)31(36)22-35(28-16-15-25(5)26(6)21-28)40(38,39)29-17-13-24(4)14-18-29/h8-18,21,23,30H,7,19-20,22H2,1-6H3,(H,33,37). The van der Waals surface area contributed by atoms with Gasteiger partial charge < -0.3 is 10.2 Å². The number of anilines is 1. The van der Waals surface area contributed by atoms with E-state index in [-0.39, 0.29) is 23.4 Å². The molecule has 2 amide bonds. The first-order valence-corrected chi connectivity index (χ1v) is 15.2. The van der Waals surface area contributed by atoms with Crippen LogP contribution in [-0.2, 0) is 26.0 Å². The number of benzene rings is 3. The summed E-state index contributed by atoms with van der Waals surface area (Å²) in [5.41, 5.74) is 4.29. The van der Waals surface area contributed by atoms with Crippen molar-refractivity contribution in [3.8, 4) is 0 Å². The highest BCUT2D eigenvalue weighted by Crippen LogP contribution is 2.27. The number of hydrogen-bond acceptors (Lipinski definition) is 4. The molecule has 0 spiro atoms. The molecule has 3 aromatic rings. The number of carbonyl (C=O) groups is 2. The SMILES string of the molecule is CCC(C(=O)NC(C)C)N(CCc1ccccc1)C(=O)CN(c1ccc(C)c(C)c1)S(=O)(=O)c1ccc(C)cc1. The molecule has 8 heteroatoms. The first kappa shape index (κ1) is 30.9. The molecule has 1 atom stereocenters. The van der Waals surface area contributed by atoms with Gasteiger partial charge in [-0.1, -0.05) is 61.0 Å². The topological polar surface area (TPSA) is 86.8 Å². The van der Waals surface area contributed by atoms with Crippen LogP contribution in [0.1, 0.15) is 49.4 Å². The third-order valence-electron chi connectivity index (χ3n) is 6.97. The largest absolute Gasteiger partial charge is 0.352 e. The fourth-order valence-corrected chi connectivity index (χ4v) is 5.93. The number of aryl methyl sites for hydroxylation is 3. The highest BCUT2D eigenvalue weighted by molar-refractivity contribution is 7.92. The van der Waals surface area contributed by atoms with Gasteiger partial charge in [0, 0.05) is 12.6 Å². The average Bonchev–Trinajstić information content (AvgIpc) is 2.91. The fourth-order valence-electron chi connectivity index (χ4n) is 4.52. The van der Waals surface area contributed by atoms with E-state index in [1.807, 2.05) is 77.9 Å². The number of nitrogens with one attached hydrogen (secondary N) is 1. The van der Waals surface area contributed by atoms with Crippen molar-refractivity contribution in [1.82, 2.24) is 10.2 Å². The van der Waals surface area contributed by atoms with Gasteiger partial charge in [0.1, 0.15) is 12.6 Å². The fraction of sp³-hybridized carbons (Fsp3) is 0.375. The third-order valence-corrected chi connectivity index (χ3v) is 8.76. The zero-order valence-electron chi connectivity index (χ0n) is 24.3. The molecule has 1 N–H and O–H groups in total. The second kappa shape index (κ2) is 13.6. The lowest BCUT2D eigenvalue weighted by Gasteiger charge is -2.33. The minimum atomic E-state index is -4.08. The molecule has 7 nitrogen and oxygen atoms in total. The Morgan fingerprint density at radius 1 is 0.875 bits per heavy atom. The lowest BCUT2D eigenvalue weighted by molar-refractivity contribution is -0.139. The van der Waals surface area contributed by atoms with E-state index < -0.39 is 28.5 Å². The highest BCUT2D eigenvalue weighted by atomic mass is 32.2. The Morgan fingerprint density at radius 2 is 1.52 bits per heavy atom. The van der Waals surface area contributed by atoms with E-state index in [9.17, 15) is 18.0 Å². The molecular formula is C32H41N3O4S. The van der Waals surface area contributed by atoms with Gasteiger partial charge in [-0.05, 0) is 88.4 Å². The quantitative estimate of drug-likeness (QED) is 0.329. The Bertz CT molecular complexity index is 1400. The summed E-state index contributed by atoms with van der Waals surface area (Å²) >= 11 is 0. The van der Waals surface area contributed by atoms with Crippen LogP contribution in [-0.4, -0.2) is 50.3 Å². The Hall–Kier alpha value is -3.65. The molecular weight excluding hydrogens is 522 g/mol. The van der Waals surface area contributed by atoms with Gasteiger partial charge in [0.15, 0.2) is 0 Å². The van der Waals surface area contributed by atoms with Crippen LogP contribution >= 0.6 is 0 Å². The molecule has 0 aromatic heterocycles. The first-order valence-electron chi connectivity index (χ1n) is 13.7. The summed E-state index contributed by atoms with van der Waals surface area (Å²) in [7, 11) is -4.08.